The standard InChI is InChI=1S/C7H7BrS/c8-7-3-1-2-6(4-7)5-9/h1-4,9H,5H2/p+1. The lowest BCUT2D eigenvalue weighted by Crippen LogP contribution is -1.77. The van der Waals surface area contributed by atoms with Crippen LogP contribution in [0.25, 0.3) is 0 Å². The van der Waals surface area contributed by atoms with Crippen molar-refractivity contribution >= 4 is 28.6 Å². The van der Waals surface area contributed by atoms with Crippen LogP contribution in [0.2, 0.25) is 0 Å². The number of hydrogen-bond donors (Lipinski definition) is 0. The summed E-state index contributed by atoms with van der Waals surface area (Å²) in [4.78, 5) is 0. The fourth-order valence-electron chi connectivity index (χ4n) is 0.647. The van der Waals surface area contributed by atoms with E-state index in [9.17, 15) is 0 Å². The van der Waals surface area contributed by atoms with Crippen molar-refractivity contribution in [2.45, 2.75) is 5.75 Å². The Morgan fingerprint density at radius 2 is 2.22 bits per heavy atom. The molecule has 48 valence electrons. The second-order valence-corrected chi connectivity index (χ2v) is 3.08. The molecule has 0 aliphatic carbocycles. The quantitative estimate of drug-likeness (QED) is 0.613. The molecule has 0 saturated carbocycles. The van der Waals surface area contributed by atoms with Gasteiger partial charge in [0.25, 0.3) is 0 Å². The largest absolute Gasteiger partial charge is 0.128 e. The highest BCUT2D eigenvalue weighted by molar-refractivity contribution is 9.10. The lowest BCUT2D eigenvalue weighted by atomic mass is 10.2. The molecule has 0 atom stereocenters. The third-order valence-electron chi connectivity index (χ3n) is 1.09. The van der Waals surface area contributed by atoms with Crippen molar-refractivity contribution in [1.29, 1.82) is 0 Å². The maximum absolute atomic E-state index is 3.42. The highest BCUT2D eigenvalue weighted by atomic mass is 79.9. The van der Waals surface area contributed by atoms with Crippen LogP contribution in [0.15, 0.2) is 28.7 Å². The third-order valence-corrected chi connectivity index (χ3v) is 1.99. The second kappa shape index (κ2) is 3.28. The van der Waals surface area contributed by atoms with Crippen molar-refractivity contribution < 1.29 is 0 Å². The highest BCUT2D eigenvalue weighted by Gasteiger charge is 1.90. The number of benzene rings is 1. The van der Waals surface area contributed by atoms with Crippen LogP contribution in [-0.4, -0.2) is 0 Å². The summed E-state index contributed by atoms with van der Waals surface area (Å²) in [5.41, 5.74) is 1.29. The summed E-state index contributed by atoms with van der Waals surface area (Å²) in [5, 5.41) is 0. The van der Waals surface area contributed by atoms with E-state index in [0.29, 0.717) is 0 Å². The van der Waals surface area contributed by atoms with Crippen molar-refractivity contribution in [3.05, 3.63) is 34.3 Å². The van der Waals surface area contributed by atoms with Gasteiger partial charge < -0.3 is 0 Å². The predicted octanol–water partition coefficient (Wildman–Crippen LogP) is 1.96. The van der Waals surface area contributed by atoms with Crippen LogP contribution in [-0.2, 0) is 18.4 Å². The Labute approximate surface area is 68.8 Å². The molecular formula is C7H8BrS+. The Morgan fingerprint density at radius 3 is 2.67 bits per heavy atom. The summed E-state index contributed by atoms with van der Waals surface area (Å²) in [5.74, 6) is 0.916. The monoisotopic (exact) mass is 203 g/mol. The van der Waals surface area contributed by atoms with Crippen LogP contribution in [0.4, 0.5) is 0 Å². The lowest BCUT2D eigenvalue weighted by Gasteiger charge is -1.90. The average molecular weight is 204 g/mol. The minimum atomic E-state index is 0.916. The van der Waals surface area contributed by atoms with Crippen LogP contribution in [0.1, 0.15) is 5.56 Å². The molecule has 0 N–H and O–H groups in total. The molecule has 0 bridgehead atoms. The molecular weight excluding hydrogens is 196 g/mol. The van der Waals surface area contributed by atoms with E-state index in [2.05, 4.69) is 40.7 Å². The first kappa shape index (κ1) is 7.16. The molecule has 0 radical (unpaired) electrons. The van der Waals surface area contributed by atoms with Crippen LogP contribution in [0.5, 0.6) is 0 Å². The molecule has 1 aromatic carbocycles. The van der Waals surface area contributed by atoms with Gasteiger partial charge in [-0.1, -0.05) is 28.1 Å². The van der Waals surface area contributed by atoms with Gasteiger partial charge >= 0.3 is 0 Å². The Kier molecular flexibility index (Phi) is 2.61. The first-order chi connectivity index (χ1) is 4.33. The average Bonchev–Trinajstić information content (AvgIpc) is 1.88. The molecule has 0 spiro atoms. The summed E-state index contributed by atoms with van der Waals surface area (Å²) in [6, 6.07) is 8.22. The van der Waals surface area contributed by atoms with Crippen LogP contribution in [0, 0.1) is 0 Å². The summed E-state index contributed by atoms with van der Waals surface area (Å²) in [7, 11) is 0. The predicted molar refractivity (Wildman–Crippen MR) is 48.0 cm³/mol. The summed E-state index contributed by atoms with van der Waals surface area (Å²) in [6.45, 7) is 0. The van der Waals surface area contributed by atoms with Gasteiger partial charge in [-0.3, -0.25) is 0 Å². The van der Waals surface area contributed by atoms with Crippen molar-refractivity contribution in [3.8, 4) is 0 Å². The zero-order valence-corrected chi connectivity index (χ0v) is 7.48. The molecule has 9 heavy (non-hydrogen) atoms. The molecule has 0 fully saturated rings. The van der Waals surface area contributed by atoms with Crippen molar-refractivity contribution in [1.82, 2.24) is 0 Å². The molecule has 1 aromatic rings. The van der Waals surface area contributed by atoms with Gasteiger partial charge in [-0.2, -0.15) is 0 Å². The van der Waals surface area contributed by atoms with Crippen LogP contribution < -0.4 is 0 Å². The van der Waals surface area contributed by atoms with E-state index in [1.165, 1.54) is 5.56 Å². The van der Waals surface area contributed by atoms with E-state index in [1.54, 1.807) is 0 Å². The third kappa shape index (κ3) is 2.03. The summed E-state index contributed by atoms with van der Waals surface area (Å²) >= 11 is 6.80. The number of hydrogen-bond acceptors (Lipinski definition) is 0. The fourth-order valence-corrected chi connectivity index (χ4v) is 1.31. The minimum Gasteiger partial charge on any atom is -0.0607 e. The zero-order chi connectivity index (χ0) is 6.69. The molecule has 0 aliphatic rings. The first-order valence-corrected chi connectivity index (χ1v) is 4.22. The molecule has 0 nitrogen and oxygen atoms in total. The topological polar surface area (TPSA) is 0 Å². The highest BCUT2D eigenvalue weighted by Crippen LogP contribution is 2.11. The normalized spacial score (nSPS) is 9.56. The lowest BCUT2D eigenvalue weighted by molar-refractivity contribution is 1.41. The Hall–Kier alpha value is 0.0500. The van der Waals surface area contributed by atoms with Gasteiger partial charge in [0.2, 0.25) is 0 Å². The Balaban J connectivity index is 2.94. The second-order valence-electron chi connectivity index (χ2n) is 1.81. The van der Waals surface area contributed by atoms with Crippen molar-refractivity contribution in [2.24, 2.45) is 0 Å². The fraction of sp³-hybridized carbons (Fsp3) is 0.143. The SMILES string of the molecule is [SH2+]Cc1cccc(Br)c1. The Bertz CT molecular complexity index is 198. The van der Waals surface area contributed by atoms with Gasteiger partial charge in [0.1, 0.15) is 5.75 Å². The van der Waals surface area contributed by atoms with Gasteiger partial charge in [-0.15, -0.1) is 0 Å². The van der Waals surface area contributed by atoms with Gasteiger partial charge in [0.15, 0.2) is 0 Å². The van der Waals surface area contributed by atoms with Gasteiger partial charge in [0.05, 0.1) is 0 Å². The van der Waals surface area contributed by atoms with E-state index in [4.69, 9.17) is 0 Å². The zero-order valence-electron chi connectivity index (χ0n) is 4.89. The Morgan fingerprint density at radius 1 is 1.44 bits per heavy atom. The number of rotatable bonds is 1. The molecule has 0 amide bonds. The number of halogens is 1. The van der Waals surface area contributed by atoms with E-state index >= 15 is 0 Å². The van der Waals surface area contributed by atoms with E-state index in [1.807, 2.05) is 12.1 Å². The van der Waals surface area contributed by atoms with Crippen molar-refractivity contribution in [3.63, 3.8) is 0 Å². The van der Waals surface area contributed by atoms with E-state index in [0.717, 1.165) is 10.2 Å². The van der Waals surface area contributed by atoms with Gasteiger partial charge in [-0.25, -0.2) is 0 Å². The van der Waals surface area contributed by atoms with E-state index < -0.39 is 0 Å². The van der Waals surface area contributed by atoms with Crippen LogP contribution >= 0.6 is 15.9 Å². The maximum Gasteiger partial charge on any atom is 0.128 e. The van der Waals surface area contributed by atoms with Crippen LogP contribution in [0.3, 0.4) is 0 Å². The van der Waals surface area contributed by atoms with Crippen molar-refractivity contribution in [2.75, 3.05) is 0 Å². The molecule has 0 unspecified atom stereocenters. The summed E-state index contributed by atoms with van der Waals surface area (Å²) < 4.78 is 1.14. The minimum absolute atomic E-state index is 0.916. The summed E-state index contributed by atoms with van der Waals surface area (Å²) in [6.07, 6.45) is 0. The maximum atomic E-state index is 3.42. The van der Waals surface area contributed by atoms with E-state index in [-0.39, 0.29) is 0 Å². The molecule has 1 rings (SSSR count). The van der Waals surface area contributed by atoms with Gasteiger partial charge in [-0.05, 0) is 24.8 Å². The molecule has 0 saturated heterocycles. The smallest absolute Gasteiger partial charge is 0.0607 e. The van der Waals surface area contributed by atoms with Gasteiger partial charge in [0, 0.05) is 10.0 Å². The first-order valence-electron chi connectivity index (χ1n) is 2.72. The molecule has 0 heterocycles. The molecule has 0 aliphatic heterocycles. The molecule has 0 aromatic heterocycles. The molecule has 2 heteroatoms.